The Morgan fingerprint density at radius 1 is 1.30 bits per heavy atom. The fourth-order valence-electron chi connectivity index (χ4n) is 4.33. The number of Topliss-reactive ketones (excluding diaryl/α,β-unsaturated/α-hetero) is 1. The third-order valence-electron chi connectivity index (χ3n) is 5.47. The minimum absolute atomic E-state index is 0.00634. The number of carbonyl (C=O) groups is 2. The summed E-state index contributed by atoms with van der Waals surface area (Å²) in [7, 11) is 0. The fourth-order valence-corrected chi connectivity index (χ4v) is 4.33. The molecule has 1 amide bonds. The van der Waals surface area contributed by atoms with Crippen LogP contribution in [0.3, 0.4) is 0 Å². The number of pyridine rings is 1. The van der Waals surface area contributed by atoms with Gasteiger partial charge in [-0.1, -0.05) is 25.1 Å². The predicted octanol–water partition coefficient (Wildman–Crippen LogP) is 3.90. The van der Waals surface area contributed by atoms with Crippen LogP contribution in [-0.2, 0) is 4.79 Å². The van der Waals surface area contributed by atoms with Crippen molar-refractivity contribution >= 4 is 22.8 Å². The van der Waals surface area contributed by atoms with E-state index in [1.807, 2.05) is 37.3 Å². The first kappa shape index (κ1) is 17.3. The van der Waals surface area contributed by atoms with E-state index in [4.69, 9.17) is 5.73 Å². The van der Waals surface area contributed by atoms with Gasteiger partial charge in [0.25, 0.3) is 0 Å². The molecule has 2 aliphatic rings. The topological polar surface area (TPSA) is 96.5 Å². The van der Waals surface area contributed by atoms with Crippen LogP contribution < -0.4 is 5.73 Å². The van der Waals surface area contributed by atoms with Crippen molar-refractivity contribution in [1.82, 2.24) is 9.88 Å². The van der Waals surface area contributed by atoms with Crippen molar-refractivity contribution in [2.24, 2.45) is 5.73 Å². The number of hydrogen-bond donors (Lipinski definition) is 2. The molecule has 1 aliphatic carbocycles. The Kier molecular flexibility index (Phi) is 4.18. The summed E-state index contributed by atoms with van der Waals surface area (Å²) in [6.07, 6.45) is 2.76. The summed E-state index contributed by atoms with van der Waals surface area (Å²) in [5, 5.41) is 10.7. The first-order chi connectivity index (χ1) is 13.0. The van der Waals surface area contributed by atoms with Gasteiger partial charge in [-0.15, -0.1) is 0 Å². The predicted molar refractivity (Wildman–Crippen MR) is 102 cm³/mol. The minimum atomic E-state index is -1.14. The first-order valence-corrected chi connectivity index (χ1v) is 9.16. The lowest BCUT2D eigenvalue weighted by Gasteiger charge is -2.39. The van der Waals surface area contributed by atoms with E-state index in [1.54, 1.807) is 6.20 Å². The van der Waals surface area contributed by atoms with Gasteiger partial charge in [0.15, 0.2) is 5.78 Å². The van der Waals surface area contributed by atoms with Crippen LogP contribution in [0.4, 0.5) is 4.79 Å². The van der Waals surface area contributed by atoms with E-state index >= 15 is 0 Å². The third kappa shape index (κ3) is 2.60. The molecule has 138 valence electrons. The summed E-state index contributed by atoms with van der Waals surface area (Å²) in [4.78, 5) is 30.4. The number of allylic oxidation sites excluding steroid dienone is 3. The molecule has 0 saturated heterocycles. The molecular weight excluding hydrogens is 342 g/mol. The Hall–Kier alpha value is -3.15. The van der Waals surface area contributed by atoms with Crippen molar-refractivity contribution in [1.29, 1.82) is 0 Å². The number of para-hydroxylation sites is 1. The summed E-state index contributed by atoms with van der Waals surface area (Å²) in [6.45, 7) is 1.94. The number of carbonyl (C=O) groups excluding carboxylic acids is 1. The number of amides is 1. The van der Waals surface area contributed by atoms with Gasteiger partial charge in [-0.3, -0.25) is 9.78 Å². The molecule has 6 heteroatoms. The number of fused-ring (bicyclic) bond motifs is 1. The molecule has 1 aliphatic heterocycles. The standard InChI is InChI=1S/C21H21N3O3/c1-2-12-18(14-10-11-23-15-7-4-3-6-13(14)15)19-16(8-5-9-17(19)25)24(20(12)22)21(26)27/h3-4,6-7,10-11,18H,2,5,8-9,22H2,1H3,(H,26,27). The van der Waals surface area contributed by atoms with Crippen LogP contribution in [0.2, 0.25) is 0 Å². The van der Waals surface area contributed by atoms with Crippen LogP contribution in [0, 0.1) is 0 Å². The van der Waals surface area contributed by atoms with Crippen molar-refractivity contribution in [3.63, 3.8) is 0 Å². The van der Waals surface area contributed by atoms with Crippen molar-refractivity contribution < 1.29 is 14.7 Å². The van der Waals surface area contributed by atoms with E-state index in [0.29, 0.717) is 37.0 Å². The number of hydrogen-bond acceptors (Lipinski definition) is 4. The average molecular weight is 363 g/mol. The summed E-state index contributed by atoms with van der Waals surface area (Å²) in [5.41, 5.74) is 9.99. The highest BCUT2D eigenvalue weighted by Crippen LogP contribution is 2.47. The molecular formula is C21H21N3O3. The molecule has 2 aromatic rings. The zero-order valence-electron chi connectivity index (χ0n) is 15.1. The van der Waals surface area contributed by atoms with E-state index < -0.39 is 6.09 Å². The molecule has 27 heavy (non-hydrogen) atoms. The summed E-state index contributed by atoms with van der Waals surface area (Å²) in [5.74, 6) is -0.0995. The SMILES string of the molecule is CCC1=C(N)N(C(=O)O)C2=C(C(=O)CCC2)C1c1ccnc2ccccc12. The molecule has 0 radical (unpaired) electrons. The van der Waals surface area contributed by atoms with Crippen LogP contribution >= 0.6 is 0 Å². The zero-order valence-corrected chi connectivity index (χ0v) is 15.1. The minimum Gasteiger partial charge on any atom is -0.464 e. The molecule has 0 spiro atoms. The number of benzene rings is 1. The molecule has 4 rings (SSSR count). The number of nitrogens with zero attached hydrogens (tertiary/aromatic N) is 2. The number of aromatic nitrogens is 1. The number of nitrogens with two attached hydrogens (primary N) is 1. The van der Waals surface area contributed by atoms with Crippen molar-refractivity contribution in [3.05, 3.63) is 64.8 Å². The van der Waals surface area contributed by atoms with E-state index in [9.17, 15) is 14.7 Å². The maximum atomic E-state index is 12.9. The second-order valence-electron chi connectivity index (χ2n) is 6.87. The second-order valence-corrected chi connectivity index (χ2v) is 6.87. The van der Waals surface area contributed by atoms with Gasteiger partial charge in [0, 0.05) is 35.2 Å². The van der Waals surface area contributed by atoms with Crippen LogP contribution in [-0.4, -0.2) is 26.9 Å². The molecule has 2 heterocycles. The highest BCUT2D eigenvalue weighted by Gasteiger charge is 2.41. The molecule has 1 aromatic carbocycles. The molecule has 0 saturated carbocycles. The van der Waals surface area contributed by atoms with Crippen LogP contribution in [0.25, 0.3) is 10.9 Å². The van der Waals surface area contributed by atoms with E-state index in [-0.39, 0.29) is 17.5 Å². The normalized spacial score (nSPS) is 20.3. The molecule has 1 atom stereocenters. The van der Waals surface area contributed by atoms with Gasteiger partial charge in [0.2, 0.25) is 0 Å². The van der Waals surface area contributed by atoms with E-state index in [2.05, 4.69) is 4.98 Å². The molecule has 1 unspecified atom stereocenters. The Labute approximate surface area is 157 Å². The summed E-state index contributed by atoms with van der Waals surface area (Å²) < 4.78 is 0. The smallest absolute Gasteiger partial charge is 0.417 e. The van der Waals surface area contributed by atoms with Gasteiger partial charge in [-0.05, 0) is 42.5 Å². The summed E-state index contributed by atoms with van der Waals surface area (Å²) in [6, 6.07) is 9.70. The average Bonchev–Trinajstić information content (AvgIpc) is 2.66. The van der Waals surface area contributed by atoms with Gasteiger partial charge >= 0.3 is 6.09 Å². The number of ketones is 1. The second kappa shape index (κ2) is 6.54. The fraction of sp³-hybridized carbons (Fsp3) is 0.286. The molecule has 3 N–H and O–H groups in total. The lowest BCUT2D eigenvalue weighted by atomic mass is 9.74. The lowest BCUT2D eigenvalue weighted by molar-refractivity contribution is -0.116. The Morgan fingerprint density at radius 2 is 2.07 bits per heavy atom. The van der Waals surface area contributed by atoms with Gasteiger partial charge in [0.05, 0.1) is 5.52 Å². The lowest BCUT2D eigenvalue weighted by Crippen LogP contribution is -2.41. The molecule has 1 aromatic heterocycles. The summed E-state index contributed by atoms with van der Waals surface area (Å²) >= 11 is 0. The Balaban J connectivity index is 2.03. The van der Waals surface area contributed by atoms with E-state index in [1.165, 1.54) is 0 Å². The molecule has 0 fully saturated rings. The Morgan fingerprint density at radius 3 is 2.81 bits per heavy atom. The van der Waals surface area contributed by atoms with Crippen molar-refractivity contribution in [3.8, 4) is 0 Å². The monoisotopic (exact) mass is 363 g/mol. The van der Waals surface area contributed by atoms with Gasteiger partial charge in [0.1, 0.15) is 5.82 Å². The van der Waals surface area contributed by atoms with Gasteiger partial charge in [-0.25, -0.2) is 9.69 Å². The highest BCUT2D eigenvalue weighted by atomic mass is 16.4. The van der Waals surface area contributed by atoms with Gasteiger partial charge in [-0.2, -0.15) is 0 Å². The maximum Gasteiger partial charge on any atom is 0.417 e. The number of rotatable bonds is 2. The molecule has 6 nitrogen and oxygen atoms in total. The van der Waals surface area contributed by atoms with Gasteiger partial charge < -0.3 is 10.8 Å². The highest BCUT2D eigenvalue weighted by molar-refractivity contribution is 6.01. The van der Waals surface area contributed by atoms with Crippen LogP contribution in [0.1, 0.15) is 44.1 Å². The van der Waals surface area contributed by atoms with Crippen molar-refractivity contribution in [2.75, 3.05) is 0 Å². The quantitative estimate of drug-likeness (QED) is 0.843. The largest absolute Gasteiger partial charge is 0.464 e. The number of carboxylic acid groups (broad SMARTS) is 1. The Bertz CT molecular complexity index is 1020. The maximum absolute atomic E-state index is 12.9. The third-order valence-corrected chi connectivity index (χ3v) is 5.47. The molecule has 0 bridgehead atoms. The van der Waals surface area contributed by atoms with Crippen LogP contribution in [0.5, 0.6) is 0 Å². The van der Waals surface area contributed by atoms with Crippen molar-refractivity contribution in [2.45, 2.75) is 38.5 Å². The van der Waals surface area contributed by atoms with E-state index in [0.717, 1.165) is 26.9 Å². The zero-order chi connectivity index (χ0) is 19.1. The first-order valence-electron chi connectivity index (χ1n) is 9.16. The van der Waals surface area contributed by atoms with Crippen LogP contribution in [0.15, 0.2) is 59.2 Å².